The van der Waals surface area contributed by atoms with Crippen molar-refractivity contribution in [1.82, 2.24) is 5.32 Å². The Morgan fingerprint density at radius 1 is 1.32 bits per heavy atom. The van der Waals surface area contributed by atoms with Gasteiger partial charge in [-0.25, -0.2) is 4.79 Å². The van der Waals surface area contributed by atoms with Gasteiger partial charge < -0.3 is 20.5 Å². The highest BCUT2D eigenvalue weighted by Gasteiger charge is 2.17. The van der Waals surface area contributed by atoms with Gasteiger partial charge in [-0.1, -0.05) is 0 Å². The first-order valence-electron chi connectivity index (χ1n) is 5.99. The fourth-order valence-electron chi connectivity index (χ4n) is 1.50. The van der Waals surface area contributed by atoms with Gasteiger partial charge in [0, 0.05) is 19.2 Å². The van der Waals surface area contributed by atoms with Crippen LogP contribution in [0.25, 0.3) is 0 Å². The second-order valence-electron chi connectivity index (χ2n) is 3.93. The van der Waals surface area contributed by atoms with Crippen LogP contribution >= 0.6 is 0 Å². The number of carboxylic acids is 1. The van der Waals surface area contributed by atoms with Crippen molar-refractivity contribution in [2.75, 3.05) is 18.5 Å². The zero-order valence-electron chi connectivity index (χ0n) is 11.0. The van der Waals surface area contributed by atoms with Crippen LogP contribution in [-0.4, -0.2) is 36.2 Å². The molecule has 0 aliphatic rings. The molecular weight excluding hydrogens is 248 g/mol. The zero-order chi connectivity index (χ0) is 14.3. The second-order valence-corrected chi connectivity index (χ2v) is 3.93. The van der Waals surface area contributed by atoms with E-state index in [0.717, 1.165) is 11.4 Å². The van der Waals surface area contributed by atoms with Crippen LogP contribution in [-0.2, 0) is 9.59 Å². The summed E-state index contributed by atoms with van der Waals surface area (Å²) in [6.07, 6.45) is 0. The van der Waals surface area contributed by atoms with E-state index in [0.29, 0.717) is 6.61 Å². The lowest BCUT2D eigenvalue weighted by molar-refractivity contribution is -0.141. The number of benzene rings is 1. The predicted octanol–water partition coefficient (Wildman–Crippen LogP) is 1.09. The van der Waals surface area contributed by atoms with Crippen molar-refractivity contribution in [2.45, 2.75) is 19.9 Å². The molecule has 104 valence electrons. The Labute approximate surface area is 111 Å². The van der Waals surface area contributed by atoms with E-state index in [1.165, 1.54) is 6.92 Å². The van der Waals surface area contributed by atoms with E-state index in [9.17, 15) is 9.59 Å². The summed E-state index contributed by atoms with van der Waals surface area (Å²) in [6, 6.07) is 6.21. The maximum absolute atomic E-state index is 10.9. The average molecular weight is 266 g/mol. The molecule has 1 aromatic carbocycles. The highest BCUT2D eigenvalue weighted by Crippen LogP contribution is 2.15. The quantitative estimate of drug-likeness (QED) is 0.687. The minimum absolute atomic E-state index is 0.114. The van der Waals surface area contributed by atoms with Crippen LogP contribution in [0.4, 0.5) is 5.69 Å². The summed E-state index contributed by atoms with van der Waals surface area (Å²) < 4.78 is 5.30. The number of amides is 1. The second kappa shape index (κ2) is 7.25. The largest absolute Gasteiger partial charge is 0.494 e. The average Bonchev–Trinajstić information content (AvgIpc) is 2.36. The Kier molecular flexibility index (Phi) is 5.66. The summed E-state index contributed by atoms with van der Waals surface area (Å²) in [5, 5.41) is 14.2. The molecule has 3 N–H and O–H groups in total. The molecule has 0 bridgehead atoms. The fourth-order valence-corrected chi connectivity index (χ4v) is 1.50. The molecule has 0 spiro atoms. The van der Waals surface area contributed by atoms with Crippen molar-refractivity contribution in [3.8, 4) is 5.75 Å². The lowest BCUT2D eigenvalue weighted by Gasteiger charge is -2.15. The van der Waals surface area contributed by atoms with Crippen molar-refractivity contribution in [3.05, 3.63) is 24.3 Å². The molecule has 1 rings (SSSR count). The number of rotatable bonds is 7. The molecule has 1 amide bonds. The van der Waals surface area contributed by atoms with Gasteiger partial charge >= 0.3 is 5.97 Å². The lowest BCUT2D eigenvalue weighted by atomic mass is 10.2. The number of carbonyl (C=O) groups excluding carboxylic acids is 1. The Morgan fingerprint density at radius 2 is 1.95 bits per heavy atom. The first-order chi connectivity index (χ1) is 9.02. The van der Waals surface area contributed by atoms with E-state index in [4.69, 9.17) is 9.84 Å². The first-order valence-corrected chi connectivity index (χ1v) is 5.99. The van der Waals surface area contributed by atoms with Gasteiger partial charge in [-0.3, -0.25) is 4.79 Å². The normalized spacial score (nSPS) is 11.5. The van der Waals surface area contributed by atoms with E-state index in [2.05, 4.69) is 10.6 Å². The Hall–Kier alpha value is -2.24. The number of hydrogen-bond donors (Lipinski definition) is 3. The Morgan fingerprint density at radius 3 is 2.42 bits per heavy atom. The van der Waals surface area contributed by atoms with Gasteiger partial charge in [-0.15, -0.1) is 0 Å². The molecule has 19 heavy (non-hydrogen) atoms. The zero-order valence-corrected chi connectivity index (χ0v) is 11.0. The maximum atomic E-state index is 10.9. The summed E-state index contributed by atoms with van der Waals surface area (Å²) >= 11 is 0. The molecule has 0 aliphatic heterocycles. The molecule has 0 saturated carbocycles. The monoisotopic (exact) mass is 266 g/mol. The van der Waals surface area contributed by atoms with E-state index < -0.39 is 12.0 Å². The molecule has 0 heterocycles. The van der Waals surface area contributed by atoms with Crippen LogP contribution in [0.5, 0.6) is 5.75 Å². The van der Waals surface area contributed by atoms with Crippen molar-refractivity contribution in [3.63, 3.8) is 0 Å². The molecule has 0 aromatic heterocycles. The van der Waals surface area contributed by atoms with Gasteiger partial charge in [0.2, 0.25) is 5.91 Å². The van der Waals surface area contributed by atoms with Crippen LogP contribution in [0.2, 0.25) is 0 Å². The van der Waals surface area contributed by atoms with Crippen LogP contribution in [0.15, 0.2) is 24.3 Å². The molecule has 0 fully saturated rings. The molecule has 0 radical (unpaired) electrons. The maximum Gasteiger partial charge on any atom is 0.328 e. The minimum Gasteiger partial charge on any atom is -0.494 e. The molecule has 6 nitrogen and oxygen atoms in total. The van der Waals surface area contributed by atoms with Gasteiger partial charge in [0.15, 0.2) is 0 Å². The SMILES string of the molecule is CCOc1ccc(NCC(NC(C)=O)C(=O)O)cc1. The highest BCUT2D eigenvalue weighted by atomic mass is 16.5. The van der Waals surface area contributed by atoms with Crippen LogP contribution in [0.3, 0.4) is 0 Å². The number of aliphatic carboxylic acids is 1. The smallest absolute Gasteiger partial charge is 0.328 e. The van der Waals surface area contributed by atoms with Crippen molar-refractivity contribution < 1.29 is 19.4 Å². The third-order valence-corrected chi connectivity index (χ3v) is 2.35. The molecule has 6 heteroatoms. The van der Waals surface area contributed by atoms with E-state index >= 15 is 0 Å². The minimum atomic E-state index is -1.08. The third kappa shape index (κ3) is 5.29. The summed E-state index contributed by atoms with van der Waals surface area (Å²) in [5.74, 6) is -0.695. The first kappa shape index (κ1) is 14.8. The van der Waals surface area contributed by atoms with Gasteiger partial charge in [0.05, 0.1) is 6.61 Å². The molecule has 1 unspecified atom stereocenters. The van der Waals surface area contributed by atoms with Crippen molar-refractivity contribution in [1.29, 1.82) is 0 Å². The van der Waals surface area contributed by atoms with Gasteiger partial charge in [0.1, 0.15) is 11.8 Å². The number of nitrogens with one attached hydrogen (secondary N) is 2. The fraction of sp³-hybridized carbons (Fsp3) is 0.385. The van der Waals surface area contributed by atoms with Gasteiger partial charge in [0.25, 0.3) is 0 Å². The van der Waals surface area contributed by atoms with E-state index in [1.54, 1.807) is 24.3 Å². The van der Waals surface area contributed by atoms with Crippen molar-refractivity contribution >= 4 is 17.6 Å². The number of ether oxygens (including phenoxy) is 1. The summed E-state index contributed by atoms with van der Waals surface area (Å²) in [7, 11) is 0. The third-order valence-electron chi connectivity index (χ3n) is 2.35. The number of carboxylic acid groups (broad SMARTS) is 1. The Balaban J connectivity index is 2.54. The highest BCUT2D eigenvalue weighted by molar-refractivity contribution is 5.82. The van der Waals surface area contributed by atoms with E-state index in [1.807, 2.05) is 6.92 Å². The lowest BCUT2D eigenvalue weighted by Crippen LogP contribution is -2.44. The topological polar surface area (TPSA) is 87.7 Å². The molecule has 0 saturated heterocycles. The molecule has 0 aliphatic carbocycles. The standard InChI is InChI=1S/C13H18N2O4/c1-3-19-11-6-4-10(5-7-11)14-8-12(13(17)18)15-9(2)16/h4-7,12,14H,3,8H2,1-2H3,(H,15,16)(H,17,18). The Bertz CT molecular complexity index is 431. The van der Waals surface area contributed by atoms with Crippen LogP contribution < -0.4 is 15.4 Å². The molecule has 1 atom stereocenters. The number of hydrogen-bond acceptors (Lipinski definition) is 4. The van der Waals surface area contributed by atoms with Crippen LogP contribution in [0.1, 0.15) is 13.8 Å². The van der Waals surface area contributed by atoms with E-state index in [-0.39, 0.29) is 12.5 Å². The summed E-state index contributed by atoms with van der Waals surface area (Å²) in [4.78, 5) is 21.8. The van der Waals surface area contributed by atoms with Crippen LogP contribution in [0, 0.1) is 0 Å². The molecule has 1 aromatic rings. The molecular formula is C13H18N2O4. The number of carbonyl (C=O) groups is 2. The van der Waals surface area contributed by atoms with Gasteiger partial charge in [-0.2, -0.15) is 0 Å². The summed E-state index contributed by atoms with van der Waals surface area (Å²) in [5.41, 5.74) is 0.764. The van der Waals surface area contributed by atoms with Gasteiger partial charge in [-0.05, 0) is 31.2 Å². The predicted molar refractivity (Wildman–Crippen MR) is 71.3 cm³/mol. The summed E-state index contributed by atoms with van der Waals surface area (Å²) in [6.45, 7) is 3.89. The number of anilines is 1. The van der Waals surface area contributed by atoms with Crippen molar-refractivity contribution in [2.24, 2.45) is 0 Å².